The minimum atomic E-state index is -0.476. The Morgan fingerprint density at radius 2 is 0.929 bits per heavy atom. The van der Waals surface area contributed by atoms with Gasteiger partial charge in [0.25, 0.3) is 0 Å². The number of hydrogen-bond donors (Lipinski definition) is 0. The zero-order chi connectivity index (χ0) is 21.0. The largest absolute Gasteiger partial charge is 0.446 e. The summed E-state index contributed by atoms with van der Waals surface area (Å²) in [5.41, 5.74) is -0.951. The Morgan fingerprint density at radius 1 is 0.607 bits per heavy atom. The zero-order valence-corrected chi connectivity index (χ0v) is 19.4. The van der Waals surface area contributed by atoms with E-state index in [9.17, 15) is 9.59 Å². The Labute approximate surface area is 182 Å². The minimum Gasteiger partial charge on any atom is -0.446 e. The summed E-state index contributed by atoms with van der Waals surface area (Å²) in [6.45, 7) is 4.18. The second-order valence-corrected chi connectivity index (χ2v) is 8.39. The summed E-state index contributed by atoms with van der Waals surface area (Å²) in [7, 11) is 0. The molecule has 0 N–H and O–H groups in total. The predicted octanol–water partition coefficient (Wildman–Crippen LogP) is 7.48. The first-order valence-corrected chi connectivity index (χ1v) is 12.0. The van der Waals surface area contributed by atoms with Crippen molar-refractivity contribution in [3.05, 3.63) is 0 Å². The van der Waals surface area contributed by atoms with Gasteiger partial charge in [0.05, 0.1) is 0 Å². The third kappa shape index (κ3) is 18.9. The summed E-state index contributed by atoms with van der Waals surface area (Å²) in [6, 6.07) is 0. The number of rotatable bonds is 19. The highest BCUT2D eigenvalue weighted by Crippen LogP contribution is 2.15. The van der Waals surface area contributed by atoms with E-state index >= 15 is 0 Å². The Kier molecular flexibility index (Phi) is 19.5. The first kappa shape index (κ1) is 27.5. The molecule has 0 heterocycles. The predicted molar refractivity (Wildman–Crippen MR) is 117 cm³/mol. The van der Waals surface area contributed by atoms with E-state index in [4.69, 9.17) is 32.7 Å². The number of carbonyl (C=O) groups is 2. The molecule has 0 saturated carbocycles. The third-order valence-electron chi connectivity index (χ3n) is 4.60. The summed E-state index contributed by atoms with van der Waals surface area (Å²) in [5, 5.41) is 0. The highest BCUT2D eigenvalue weighted by atomic mass is 35.5. The van der Waals surface area contributed by atoms with Crippen molar-refractivity contribution in [1.82, 2.24) is 0 Å². The SMILES string of the molecule is CCCCC(Cl)OC(=O)CCCCCCCCCCC(=O)OC(Cl)CCCC. The number of carbonyl (C=O) groups excluding carboxylic acids is 2. The van der Waals surface area contributed by atoms with Crippen molar-refractivity contribution in [2.45, 2.75) is 128 Å². The molecule has 0 aromatic heterocycles. The molecule has 6 heteroatoms. The van der Waals surface area contributed by atoms with Crippen LogP contribution >= 0.6 is 23.2 Å². The maximum atomic E-state index is 11.6. The van der Waals surface area contributed by atoms with Gasteiger partial charge in [-0.3, -0.25) is 9.59 Å². The van der Waals surface area contributed by atoms with Crippen LogP contribution in [-0.2, 0) is 19.1 Å². The van der Waals surface area contributed by atoms with Gasteiger partial charge < -0.3 is 9.47 Å². The molecule has 0 saturated heterocycles. The average molecular weight is 439 g/mol. The first-order chi connectivity index (χ1) is 13.5. The second kappa shape index (κ2) is 19.8. The van der Waals surface area contributed by atoms with Crippen LogP contribution in [0.4, 0.5) is 0 Å². The van der Waals surface area contributed by atoms with Crippen molar-refractivity contribution in [3.63, 3.8) is 0 Å². The quantitative estimate of drug-likeness (QED) is 0.119. The van der Waals surface area contributed by atoms with Crippen molar-refractivity contribution >= 4 is 35.1 Å². The lowest BCUT2D eigenvalue weighted by atomic mass is 10.1. The van der Waals surface area contributed by atoms with E-state index < -0.39 is 11.1 Å². The van der Waals surface area contributed by atoms with Crippen molar-refractivity contribution in [3.8, 4) is 0 Å². The number of esters is 2. The van der Waals surface area contributed by atoms with E-state index in [0.29, 0.717) is 12.8 Å². The molecule has 4 nitrogen and oxygen atoms in total. The number of alkyl halides is 2. The molecule has 0 spiro atoms. The lowest BCUT2D eigenvalue weighted by Crippen LogP contribution is -2.12. The molecule has 0 aliphatic carbocycles. The molecular weight excluding hydrogens is 399 g/mol. The van der Waals surface area contributed by atoms with Gasteiger partial charge in [0.2, 0.25) is 0 Å². The summed E-state index contributed by atoms with van der Waals surface area (Å²) >= 11 is 11.9. The number of ether oxygens (including phenoxy) is 2. The molecule has 0 fully saturated rings. The van der Waals surface area contributed by atoms with Crippen LogP contribution in [0.1, 0.15) is 117 Å². The molecule has 2 atom stereocenters. The highest BCUT2D eigenvalue weighted by molar-refractivity contribution is 6.20. The number of halogens is 2. The molecular formula is C22H40Cl2O4. The van der Waals surface area contributed by atoms with Gasteiger partial charge in [-0.15, -0.1) is 0 Å². The molecule has 0 aromatic carbocycles. The van der Waals surface area contributed by atoms with Crippen molar-refractivity contribution in [2.24, 2.45) is 0 Å². The fourth-order valence-electron chi connectivity index (χ4n) is 2.85. The zero-order valence-electron chi connectivity index (χ0n) is 17.9. The Morgan fingerprint density at radius 3 is 1.25 bits per heavy atom. The maximum absolute atomic E-state index is 11.6. The smallest absolute Gasteiger partial charge is 0.307 e. The van der Waals surface area contributed by atoms with Crippen LogP contribution in [-0.4, -0.2) is 23.1 Å². The van der Waals surface area contributed by atoms with Crippen LogP contribution in [0.3, 0.4) is 0 Å². The molecule has 0 amide bonds. The topological polar surface area (TPSA) is 52.6 Å². The minimum absolute atomic E-state index is 0.183. The van der Waals surface area contributed by atoms with E-state index in [1.54, 1.807) is 0 Å². The second-order valence-electron chi connectivity index (χ2n) is 7.41. The van der Waals surface area contributed by atoms with E-state index in [-0.39, 0.29) is 11.9 Å². The molecule has 0 aliphatic rings. The molecule has 0 radical (unpaired) electrons. The Balaban J connectivity index is 3.39. The molecule has 0 rings (SSSR count). The van der Waals surface area contributed by atoms with Gasteiger partial charge in [0.1, 0.15) is 0 Å². The van der Waals surface area contributed by atoms with Gasteiger partial charge in [-0.25, -0.2) is 0 Å². The van der Waals surface area contributed by atoms with Gasteiger partial charge in [-0.2, -0.15) is 0 Å². The number of hydrogen-bond acceptors (Lipinski definition) is 4. The van der Waals surface area contributed by atoms with Gasteiger partial charge in [0, 0.05) is 12.8 Å². The average Bonchev–Trinajstić information content (AvgIpc) is 2.66. The monoisotopic (exact) mass is 438 g/mol. The van der Waals surface area contributed by atoms with Crippen LogP contribution in [0.5, 0.6) is 0 Å². The van der Waals surface area contributed by atoms with Crippen molar-refractivity contribution in [1.29, 1.82) is 0 Å². The summed E-state index contributed by atoms with van der Waals surface area (Å²) in [6.07, 6.45) is 14.8. The van der Waals surface area contributed by atoms with Crippen LogP contribution in [0.15, 0.2) is 0 Å². The van der Waals surface area contributed by atoms with E-state index in [2.05, 4.69) is 13.8 Å². The Bertz CT molecular complexity index is 355. The number of unbranched alkanes of at least 4 members (excludes halogenated alkanes) is 9. The molecule has 0 aromatic rings. The third-order valence-corrected chi connectivity index (χ3v) is 5.21. The van der Waals surface area contributed by atoms with Gasteiger partial charge in [-0.1, -0.05) is 88.4 Å². The van der Waals surface area contributed by atoms with Gasteiger partial charge in [-0.05, 0) is 38.5 Å². The van der Waals surface area contributed by atoms with Crippen LogP contribution in [0, 0.1) is 0 Å². The Hall–Kier alpha value is -0.480. The highest BCUT2D eigenvalue weighted by Gasteiger charge is 2.11. The van der Waals surface area contributed by atoms with Crippen molar-refractivity contribution < 1.29 is 19.1 Å². The normalized spacial score (nSPS) is 13.1. The van der Waals surface area contributed by atoms with Crippen LogP contribution in [0.25, 0.3) is 0 Å². The van der Waals surface area contributed by atoms with Crippen LogP contribution in [0.2, 0.25) is 0 Å². The van der Waals surface area contributed by atoms with Gasteiger partial charge >= 0.3 is 11.9 Å². The fraction of sp³-hybridized carbons (Fsp3) is 0.909. The molecule has 2 unspecified atom stereocenters. The molecule has 166 valence electrons. The molecule has 0 bridgehead atoms. The lowest BCUT2D eigenvalue weighted by Gasteiger charge is -2.10. The van der Waals surface area contributed by atoms with Crippen molar-refractivity contribution in [2.75, 3.05) is 0 Å². The summed E-state index contributed by atoms with van der Waals surface area (Å²) in [5.74, 6) is -0.367. The fourth-order valence-corrected chi connectivity index (χ4v) is 3.36. The van der Waals surface area contributed by atoms with E-state index in [0.717, 1.165) is 89.9 Å². The molecule has 0 aliphatic heterocycles. The van der Waals surface area contributed by atoms with E-state index in [1.807, 2.05) is 0 Å². The summed E-state index contributed by atoms with van der Waals surface area (Å²) in [4.78, 5) is 23.3. The maximum Gasteiger partial charge on any atom is 0.307 e. The standard InChI is InChI=1S/C22H40Cl2O4/c1-3-5-15-19(23)27-21(25)17-13-11-9-7-8-10-12-14-18-22(26)28-20(24)16-6-4-2/h19-20H,3-18H2,1-2H3. The van der Waals surface area contributed by atoms with Crippen LogP contribution < -0.4 is 0 Å². The lowest BCUT2D eigenvalue weighted by molar-refractivity contribution is -0.146. The first-order valence-electron chi connectivity index (χ1n) is 11.2. The summed E-state index contributed by atoms with van der Waals surface area (Å²) < 4.78 is 10.3. The van der Waals surface area contributed by atoms with Gasteiger partial charge in [0.15, 0.2) is 11.1 Å². The van der Waals surface area contributed by atoms with E-state index in [1.165, 1.54) is 0 Å². The molecule has 28 heavy (non-hydrogen) atoms.